The molecule has 0 heterocycles. The summed E-state index contributed by atoms with van der Waals surface area (Å²) in [6.45, 7) is 5.41. The molecule has 0 saturated heterocycles. The van der Waals surface area contributed by atoms with Crippen molar-refractivity contribution in [2.45, 2.75) is 25.7 Å². The minimum atomic E-state index is -3.72. The van der Waals surface area contributed by atoms with Gasteiger partial charge in [-0.15, -0.1) is 0 Å². The molecular weight excluding hydrogens is 400 g/mol. The van der Waals surface area contributed by atoms with E-state index >= 15 is 0 Å². The molecule has 0 aliphatic heterocycles. The van der Waals surface area contributed by atoms with Crippen molar-refractivity contribution in [2.24, 2.45) is 0 Å². The van der Waals surface area contributed by atoms with E-state index in [-0.39, 0.29) is 17.4 Å². The van der Waals surface area contributed by atoms with E-state index in [1.54, 1.807) is 37.3 Å². The Bertz CT molecular complexity index is 1140. The number of benzene rings is 3. The first-order valence-corrected chi connectivity index (χ1v) is 10.9. The number of carbonyl (C=O) groups is 1. The van der Waals surface area contributed by atoms with E-state index < -0.39 is 10.0 Å². The molecule has 0 aliphatic rings. The van der Waals surface area contributed by atoms with Crippen molar-refractivity contribution < 1.29 is 17.9 Å². The highest BCUT2D eigenvalue weighted by atomic mass is 32.2. The minimum absolute atomic E-state index is 0.121. The molecule has 0 radical (unpaired) electrons. The van der Waals surface area contributed by atoms with Gasteiger partial charge in [-0.25, -0.2) is 8.42 Å². The van der Waals surface area contributed by atoms with E-state index in [1.165, 1.54) is 12.1 Å². The highest BCUT2D eigenvalue weighted by molar-refractivity contribution is 7.92. The molecule has 0 fully saturated rings. The molecule has 0 spiro atoms. The Hall–Kier alpha value is -3.32. The van der Waals surface area contributed by atoms with Crippen LogP contribution in [0, 0.1) is 20.8 Å². The Morgan fingerprint density at radius 3 is 2.17 bits per heavy atom. The lowest BCUT2D eigenvalue weighted by Crippen LogP contribution is -2.21. The number of carbonyl (C=O) groups excluding carboxylic acids is 1. The highest BCUT2D eigenvalue weighted by Crippen LogP contribution is 2.24. The summed E-state index contributed by atoms with van der Waals surface area (Å²) in [5.41, 5.74) is 3.82. The maximum absolute atomic E-state index is 12.6. The van der Waals surface area contributed by atoms with Crippen LogP contribution in [0.15, 0.2) is 71.6 Å². The largest absolute Gasteiger partial charge is 0.483 e. The number of aryl methyl sites for hydroxylation is 3. The van der Waals surface area contributed by atoms with Crippen molar-refractivity contribution in [3.8, 4) is 5.75 Å². The maximum Gasteiger partial charge on any atom is 0.262 e. The smallest absolute Gasteiger partial charge is 0.262 e. The summed E-state index contributed by atoms with van der Waals surface area (Å²) in [6, 6.07) is 19.0. The fourth-order valence-corrected chi connectivity index (χ4v) is 4.15. The molecule has 7 heteroatoms. The average Bonchev–Trinajstić information content (AvgIpc) is 2.70. The Balaban J connectivity index is 1.66. The van der Waals surface area contributed by atoms with Gasteiger partial charge in [-0.1, -0.05) is 36.4 Å². The third kappa shape index (κ3) is 5.18. The molecule has 3 aromatic rings. The number of hydrogen-bond acceptors (Lipinski definition) is 4. The first-order valence-electron chi connectivity index (χ1n) is 9.43. The number of anilines is 2. The Labute approximate surface area is 177 Å². The van der Waals surface area contributed by atoms with Crippen molar-refractivity contribution >= 4 is 27.3 Å². The molecule has 0 unspecified atom stereocenters. The summed E-state index contributed by atoms with van der Waals surface area (Å²) in [6.07, 6.45) is 0. The SMILES string of the molecule is Cc1cc(S(=O)(=O)Nc2ccccc2)ccc1OCC(=O)Nc1c(C)cccc1C. The fraction of sp³-hybridized carbons (Fsp3) is 0.174. The van der Waals surface area contributed by atoms with Crippen LogP contribution in [0.25, 0.3) is 0 Å². The molecule has 3 aromatic carbocycles. The molecule has 0 aromatic heterocycles. The maximum atomic E-state index is 12.6. The topological polar surface area (TPSA) is 84.5 Å². The van der Waals surface area contributed by atoms with Gasteiger partial charge in [0, 0.05) is 11.4 Å². The zero-order chi connectivity index (χ0) is 21.7. The summed E-state index contributed by atoms with van der Waals surface area (Å²) < 4.78 is 33.3. The average molecular weight is 425 g/mol. The zero-order valence-corrected chi connectivity index (χ0v) is 17.9. The van der Waals surface area contributed by atoms with Crippen molar-refractivity contribution in [1.82, 2.24) is 0 Å². The molecule has 156 valence electrons. The van der Waals surface area contributed by atoms with Gasteiger partial charge in [-0.2, -0.15) is 0 Å². The van der Waals surface area contributed by atoms with Crippen molar-refractivity contribution in [2.75, 3.05) is 16.6 Å². The van der Waals surface area contributed by atoms with Crippen molar-refractivity contribution in [3.63, 3.8) is 0 Å². The second-order valence-corrected chi connectivity index (χ2v) is 8.68. The summed E-state index contributed by atoms with van der Waals surface area (Å²) in [5.74, 6) is 0.166. The van der Waals surface area contributed by atoms with E-state index in [0.717, 1.165) is 16.8 Å². The van der Waals surface area contributed by atoms with Gasteiger partial charge in [-0.3, -0.25) is 9.52 Å². The van der Waals surface area contributed by atoms with Gasteiger partial charge in [0.1, 0.15) is 5.75 Å². The lowest BCUT2D eigenvalue weighted by Gasteiger charge is -2.14. The number of nitrogens with one attached hydrogen (secondary N) is 2. The third-order valence-electron chi connectivity index (χ3n) is 4.59. The third-order valence-corrected chi connectivity index (χ3v) is 5.97. The molecular formula is C23H24N2O4S. The first-order chi connectivity index (χ1) is 14.3. The number of rotatable bonds is 7. The number of sulfonamides is 1. The van der Waals surface area contributed by atoms with Gasteiger partial charge in [0.25, 0.3) is 15.9 Å². The predicted octanol–water partition coefficient (Wildman–Crippen LogP) is 4.43. The van der Waals surface area contributed by atoms with Crippen molar-refractivity contribution in [1.29, 1.82) is 0 Å². The number of para-hydroxylation sites is 2. The first kappa shape index (κ1) is 21.4. The Morgan fingerprint density at radius 2 is 1.53 bits per heavy atom. The van der Waals surface area contributed by atoms with E-state index in [2.05, 4.69) is 10.0 Å². The quantitative estimate of drug-likeness (QED) is 0.588. The lowest BCUT2D eigenvalue weighted by molar-refractivity contribution is -0.118. The monoisotopic (exact) mass is 424 g/mol. The Morgan fingerprint density at radius 1 is 0.867 bits per heavy atom. The van der Waals surface area contributed by atoms with Gasteiger partial charge < -0.3 is 10.1 Å². The van der Waals surface area contributed by atoms with Gasteiger partial charge in [-0.05, 0) is 67.8 Å². The molecule has 6 nitrogen and oxygen atoms in total. The van der Waals surface area contributed by atoms with E-state index in [0.29, 0.717) is 17.0 Å². The molecule has 0 bridgehead atoms. The molecule has 1 amide bonds. The van der Waals surface area contributed by atoms with E-state index in [1.807, 2.05) is 38.1 Å². The van der Waals surface area contributed by atoms with Crippen LogP contribution in [0.3, 0.4) is 0 Å². The fourth-order valence-electron chi connectivity index (χ4n) is 3.00. The van der Waals surface area contributed by atoms with Gasteiger partial charge in [0.2, 0.25) is 0 Å². The molecule has 2 N–H and O–H groups in total. The predicted molar refractivity (Wildman–Crippen MR) is 118 cm³/mol. The molecule has 0 saturated carbocycles. The van der Waals surface area contributed by atoms with Gasteiger partial charge in [0.15, 0.2) is 6.61 Å². The number of hydrogen-bond donors (Lipinski definition) is 2. The van der Waals surface area contributed by atoms with Crippen LogP contribution in [0.4, 0.5) is 11.4 Å². The van der Waals surface area contributed by atoms with E-state index in [4.69, 9.17) is 4.74 Å². The molecule has 0 atom stereocenters. The van der Waals surface area contributed by atoms with Crippen molar-refractivity contribution in [3.05, 3.63) is 83.4 Å². The number of ether oxygens (including phenoxy) is 1. The van der Waals surface area contributed by atoms with E-state index in [9.17, 15) is 13.2 Å². The Kier molecular flexibility index (Phi) is 6.42. The summed E-state index contributed by atoms with van der Waals surface area (Å²) >= 11 is 0. The second kappa shape index (κ2) is 9.00. The minimum Gasteiger partial charge on any atom is -0.483 e. The normalized spacial score (nSPS) is 11.0. The standard InChI is InChI=1S/C23H24N2O4S/c1-16-8-7-9-17(2)23(16)24-22(26)15-29-21-13-12-20(14-18(21)3)30(27,28)25-19-10-5-4-6-11-19/h4-14,25H,15H2,1-3H3,(H,24,26). The van der Waals surface area contributed by atoms with Crippen LogP contribution >= 0.6 is 0 Å². The van der Waals surface area contributed by atoms with Crippen LogP contribution in [0.5, 0.6) is 5.75 Å². The summed E-state index contributed by atoms with van der Waals surface area (Å²) in [7, 11) is -3.72. The van der Waals surface area contributed by atoms with Crippen LogP contribution < -0.4 is 14.8 Å². The molecule has 30 heavy (non-hydrogen) atoms. The van der Waals surface area contributed by atoms with Crippen LogP contribution in [-0.4, -0.2) is 20.9 Å². The second-order valence-electron chi connectivity index (χ2n) is 7.00. The summed E-state index contributed by atoms with van der Waals surface area (Å²) in [5, 5.41) is 2.86. The van der Waals surface area contributed by atoms with Gasteiger partial charge >= 0.3 is 0 Å². The molecule has 3 rings (SSSR count). The highest BCUT2D eigenvalue weighted by Gasteiger charge is 2.16. The van der Waals surface area contributed by atoms with Crippen LogP contribution in [-0.2, 0) is 14.8 Å². The van der Waals surface area contributed by atoms with Crippen LogP contribution in [0.1, 0.15) is 16.7 Å². The summed E-state index contributed by atoms with van der Waals surface area (Å²) in [4.78, 5) is 12.4. The lowest BCUT2D eigenvalue weighted by atomic mass is 10.1. The molecule has 0 aliphatic carbocycles. The van der Waals surface area contributed by atoms with Crippen LogP contribution in [0.2, 0.25) is 0 Å². The van der Waals surface area contributed by atoms with Gasteiger partial charge in [0.05, 0.1) is 4.90 Å². The number of amides is 1. The zero-order valence-electron chi connectivity index (χ0n) is 17.1.